The number of carbonyl (C=O) groups is 1. The Morgan fingerprint density at radius 1 is 1.47 bits per heavy atom. The number of rotatable bonds is 3. The van der Waals surface area contributed by atoms with Gasteiger partial charge >= 0.3 is 0 Å². The van der Waals surface area contributed by atoms with Crippen LogP contribution in [0.25, 0.3) is 0 Å². The molecule has 2 atom stereocenters. The first-order chi connectivity index (χ1) is 8.99. The van der Waals surface area contributed by atoms with Crippen LogP contribution in [-0.2, 0) is 0 Å². The van der Waals surface area contributed by atoms with Crippen LogP contribution in [0.1, 0.15) is 36.5 Å². The van der Waals surface area contributed by atoms with Gasteiger partial charge in [0.15, 0.2) is 0 Å². The number of amides is 1. The van der Waals surface area contributed by atoms with E-state index in [-0.39, 0.29) is 17.6 Å². The van der Waals surface area contributed by atoms with E-state index in [1.807, 2.05) is 0 Å². The summed E-state index contributed by atoms with van der Waals surface area (Å²) in [5.41, 5.74) is 0.237. The molecule has 1 fully saturated rings. The maximum atomic E-state index is 12.2. The first-order valence-corrected chi connectivity index (χ1v) is 7.03. The molecule has 2 rings (SSSR count). The number of nitrogens with one attached hydrogen (secondary N) is 1. The molecule has 1 amide bonds. The quantitative estimate of drug-likeness (QED) is 0.684. The van der Waals surface area contributed by atoms with Gasteiger partial charge in [-0.1, -0.05) is 13.3 Å². The molecule has 0 spiro atoms. The standard InChI is InChI=1S/C13H15BrN2O3/c1-8-3-2-4-12(8)15-13(17)10-7-9(16(18)19)5-6-11(10)14/h5-8,12H,2-4H2,1H3,(H,15,17). The van der Waals surface area contributed by atoms with E-state index in [1.165, 1.54) is 18.2 Å². The van der Waals surface area contributed by atoms with E-state index >= 15 is 0 Å². The summed E-state index contributed by atoms with van der Waals surface area (Å²) in [6.45, 7) is 2.11. The molecule has 1 saturated carbocycles. The maximum Gasteiger partial charge on any atom is 0.270 e. The molecule has 1 aromatic carbocycles. The highest BCUT2D eigenvalue weighted by Gasteiger charge is 2.26. The Hall–Kier alpha value is -1.43. The summed E-state index contributed by atoms with van der Waals surface area (Å²) in [6, 6.07) is 4.38. The zero-order valence-electron chi connectivity index (χ0n) is 10.6. The molecule has 2 unspecified atom stereocenters. The smallest absolute Gasteiger partial charge is 0.270 e. The van der Waals surface area contributed by atoms with E-state index in [0.29, 0.717) is 16.0 Å². The van der Waals surface area contributed by atoms with E-state index in [9.17, 15) is 14.9 Å². The molecule has 6 heteroatoms. The summed E-state index contributed by atoms with van der Waals surface area (Å²) in [5, 5.41) is 13.7. The van der Waals surface area contributed by atoms with Gasteiger partial charge in [-0.2, -0.15) is 0 Å². The van der Waals surface area contributed by atoms with Crippen molar-refractivity contribution in [3.63, 3.8) is 0 Å². The van der Waals surface area contributed by atoms with Gasteiger partial charge in [-0.05, 0) is 40.8 Å². The molecular formula is C13H15BrN2O3. The van der Waals surface area contributed by atoms with Crippen LogP contribution in [0.3, 0.4) is 0 Å². The minimum Gasteiger partial charge on any atom is -0.349 e. The number of non-ortho nitro benzene ring substituents is 1. The lowest BCUT2D eigenvalue weighted by atomic mass is 10.1. The van der Waals surface area contributed by atoms with Crippen LogP contribution in [0.15, 0.2) is 22.7 Å². The lowest BCUT2D eigenvalue weighted by Gasteiger charge is -2.17. The first kappa shape index (κ1) is 14.0. The van der Waals surface area contributed by atoms with E-state index < -0.39 is 4.92 Å². The molecule has 19 heavy (non-hydrogen) atoms. The molecule has 5 nitrogen and oxygen atoms in total. The van der Waals surface area contributed by atoms with Gasteiger partial charge < -0.3 is 5.32 Å². The second kappa shape index (κ2) is 5.69. The number of hydrogen-bond donors (Lipinski definition) is 1. The lowest BCUT2D eigenvalue weighted by molar-refractivity contribution is -0.384. The van der Waals surface area contributed by atoms with Crippen molar-refractivity contribution in [2.45, 2.75) is 32.2 Å². The highest BCUT2D eigenvalue weighted by molar-refractivity contribution is 9.10. The largest absolute Gasteiger partial charge is 0.349 e. The second-order valence-electron chi connectivity index (χ2n) is 4.91. The predicted octanol–water partition coefficient (Wildman–Crippen LogP) is 3.28. The highest BCUT2D eigenvalue weighted by atomic mass is 79.9. The summed E-state index contributed by atoms with van der Waals surface area (Å²) in [5.74, 6) is 0.204. The lowest BCUT2D eigenvalue weighted by Crippen LogP contribution is -2.36. The van der Waals surface area contributed by atoms with Gasteiger partial charge in [-0.3, -0.25) is 14.9 Å². The van der Waals surface area contributed by atoms with E-state index in [0.717, 1.165) is 19.3 Å². The third-order valence-electron chi connectivity index (χ3n) is 3.58. The third kappa shape index (κ3) is 3.12. The number of nitrogens with zero attached hydrogens (tertiary/aromatic N) is 1. The van der Waals surface area contributed by atoms with Crippen LogP contribution >= 0.6 is 15.9 Å². The summed E-state index contributed by atoms with van der Waals surface area (Å²) < 4.78 is 0.571. The molecule has 1 aliphatic carbocycles. The van der Waals surface area contributed by atoms with Crippen LogP contribution < -0.4 is 5.32 Å². The molecule has 0 bridgehead atoms. The fourth-order valence-corrected chi connectivity index (χ4v) is 2.83. The average Bonchev–Trinajstić information content (AvgIpc) is 2.75. The van der Waals surface area contributed by atoms with Gasteiger partial charge in [0.25, 0.3) is 11.6 Å². The molecule has 0 heterocycles. The van der Waals surface area contributed by atoms with Gasteiger partial charge in [0.2, 0.25) is 0 Å². The number of halogens is 1. The van der Waals surface area contributed by atoms with Crippen molar-refractivity contribution < 1.29 is 9.72 Å². The van der Waals surface area contributed by atoms with Gasteiger partial charge in [0.05, 0.1) is 10.5 Å². The number of carbonyl (C=O) groups excluding carboxylic acids is 1. The van der Waals surface area contributed by atoms with Crippen molar-refractivity contribution in [1.82, 2.24) is 5.32 Å². The van der Waals surface area contributed by atoms with Crippen molar-refractivity contribution in [2.24, 2.45) is 5.92 Å². The molecule has 1 aliphatic rings. The number of nitro groups is 1. The Morgan fingerprint density at radius 2 is 2.21 bits per heavy atom. The predicted molar refractivity (Wildman–Crippen MR) is 75.1 cm³/mol. The van der Waals surface area contributed by atoms with E-state index in [2.05, 4.69) is 28.2 Å². The molecular weight excluding hydrogens is 312 g/mol. The van der Waals surface area contributed by atoms with Crippen molar-refractivity contribution >= 4 is 27.5 Å². The van der Waals surface area contributed by atoms with Crippen molar-refractivity contribution in [1.29, 1.82) is 0 Å². The molecule has 1 aromatic rings. The van der Waals surface area contributed by atoms with Crippen molar-refractivity contribution in [3.05, 3.63) is 38.3 Å². The van der Waals surface area contributed by atoms with Crippen molar-refractivity contribution in [2.75, 3.05) is 0 Å². The fourth-order valence-electron chi connectivity index (χ4n) is 2.41. The zero-order chi connectivity index (χ0) is 14.0. The summed E-state index contributed by atoms with van der Waals surface area (Å²) in [6.07, 6.45) is 3.20. The molecule has 0 aliphatic heterocycles. The van der Waals surface area contributed by atoms with Crippen LogP contribution in [0.5, 0.6) is 0 Å². The summed E-state index contributed by atoms with van der Waals surface area (Å²) in [7, 11) is 0. The van der Waals surface area contributed by atoms with Crippen LogP contribution in [-0.4, -0.2) is 16.9 Å². The maximum absolute atomic E-state index is 12.2. The molecule has 102 valence electrons. The number of hydrogen-bond acceptors (Lipinski definition) is 3. The van der Waals surface area contributed by atoms with E-state index in [1.54, 1.807) is 0 Å². The molecule has 0 saturated heterocycles. The second-order valence-corrected chi connectivity index (χ2v) is 5.76. The van der Waals surface area contributed by atoms with Crippen molar-refractivity contribution in [3.8, 4) is 0 Å². The molecule has 0 radical (unpaired) electrons. The average molecular weight is 327 g/mol. The van der Waals surface area contributed by atoms with Gasteiger partial charge in [0.1, 0.15) is 0 Å². The molecule has 0 aromatic heterocycles. The number of benzene rings is 1. The third-order valence-corrected chi connectivity index (χ3v) is 4.27. The first-order valence-electron chi connectivity index (χ1n) is 6.24. The van der Waals surface area contributed by atoms with Gasteiger partial charge in [-0.15, -0.1) is 0 Å². The highest BCUT2D eigenvalue weighted by Crippen LogP contribution is 2.27. The summed E-state index contributed by atoms with van der Waals surface area (Å²) in [4.78, 5) is 22.4. The van der Waals surface area contributed by atoms with Crippen LogP contribution in [0.4, 0.5) is 5.69 Å². The topological polar surface area (TPSA) is 72.2 Å². The minimum absolute atomic E-state index is 0.0761. The Kier molecular flexibility index (Phi) is 4.19. The zero-order valence-corrected chi connectivity index (χ0v) is 12.1. The SMILES string of the molecule is CC1CCCC1NC(=O)c1cc([N+](=O)[O-])ccc1Br. The Labute approximate surface area is 119 Å². The normalized spacial score (nSPS) is 22.2. The summed E-state index contributed by atoms with van der Waals surface area (Å²) >= 11 is 3.26. The van der Waals surface area contributed by atoms with Crippen LogP contribution in [0, 0.1) is 16.0 Å². The van der Waals surface area contributed by atoms with E-state index in [4.69, 9.17) is 0 Å². The Morgan fingerprint density at radius 3 is 2.79 bits per heavy atom. The Balaban J connectivity index is 2.18. The fraction of sp³-hybridized carbons (Fsp3) is 0.462. The Bertz CT molecular complexity index is 519. The van der Waals surface area contributed by atoms with Crippen LogP contribution in [0.2, 0.25) is 0 Å². The minimum atomic E-state index is -0.499. The molecule has 1 N–H and O–H groups in total. The monoisotopic (exact) mass is 326 g/mol. The van der Waals surface area contributed by atoms with Gasteiger partial charge in [0, 0.05) is 22.6 Å². The number of nitro benzene ring substituents is 1. The van der Waals surface area contributed by atoms with Gasteiger partial charge in [-0.25, -0.2) is 0 Å².